The first-order valence-electron chi connectivity index (χ1n) is 9.07. The second kappa shape index (κ2) is 8.89. The van der Waals surface area contributed by atoms with Gasteiger partial charge in [-0.05, 0) is 12.1 Å². The highest BCUT2D eigenvalue weighted by molar-refractivity contribution is 7.99. The number of rotatable bonds is 6. The van der Waals surface area contributed by atoms with Crippen LogP contribution in [0.15, 0.2) is 41.6 Å². The van der Waals surface area contributed by atoms with Gasteiger partial charge in [0.15, 0.2) is 0 Å². The number of alkyl halides is 3. The van der Waals surface area contributed by atoms with Crippen LogP contribution in [0.1, 0.15) is 18.7 Å². The van der Waals surface area contributed by atoms with Crippen molar-refractivity contribution in [2.75, 3.05) is 24.2 Å². The second-order valence-corrected chi connectivity index (χ2v) is 7.83. The van der Waals surface area contributed by atoms with Crippen molar-refractivity contribution in [1.82, 2.24) is 14.5 Å². The van der Waals surface area contributed by atoms with Crippen LogP contribution in [0.4, 0.5) is 18.9 Å². The number of imidazole rings is 1. The van der Waals surface area contributed by atoms with Crippen molar-refractivity contribution in [3.63, 3.8) is 0 Å². The summed E-state index contributed by atoms with van der Waals surface area (Å²) in [5.41, 5.74) is 0.851. The Morgan fingerprint density at radius 2 is 2.00 bits per heavy atom. The van der Waals surface area contributed by atoms with E-state index in [0.717, 1.165) is 20.9 Å². The summed E-state index contributed by atoms with van der Waals surface area (Å²) in [7, 11) is 1.49. The van der Waals surface area contributed by atoms with Crippen LogP contribution in [-0.4, -0.2) is 51.8 Å². The summed E-state index contributed by atoms with van der Waals surface area (Å²) >= 11 is 1.69. The maximum absolute atomic E-state index is 12.6. The smallest absolute Gasteiger partial charge is 0.338 e. The van der Waals surface area contributed by atoms with Crippen LogP contribution in [0.5, 0.6) is 0 Å². The number of benzene rings is 1. The molecule has 6 nitrogen and oxygen atoms in total. The third kappa shape index (κ3) is 5.53. The number of carbonyl (C=O) groups excluding carboxylic acids is 2. The molecule has 0 spiro atoms. The molecule has 156 valence electrons. The summed E-state index contributed by atoms with van der Waals surface area (Å²) in [6.07, 6.45) is -1.83. The Kier molecular flexibility index (Phi) is 6.51. The lowest BCUT2D eigenvalue weighted by Gasteiger charge is -2.29. The van der Waals surface area contributed by atoms with E-state index in [-0.39, 0.29) is 37.0 Å². The monoisotopic (exact) mass is 426 g/mol. The first-order valence-corrected chi connectivity index (χ1v) is 10.1. The number of carbonyl (C=O) groups is 2. The van der Waals surface area contributed by atoms with E-state index in [0.29, 0.717) is 6.54 Å². The molecule has 29 heavy (non-hydrogen) atoms. The van der Waals surface area contributed by atoms with Crippen LogP contribution in [0.25, 0.3) is 0 Å². The van der Waals surface area contributed by atoms with Crippen molar-refractivity contribution in [3.8, 4) is 0 Å². The van der Waals surface area contributed by atoms with Crippen LogP contribution in [-0.2, 0) is 22.7 Å². The van der Waals surface area contributed by atoms with Gasteiger partial charge in [-0.1, -0.05) is 12.1 Å². The number of thioether (sulfide) groups is 1. The van der Waals surface area contributed by atoms with Crippen molar-refractivity contribution < 1.29 is 22.8 Å². The third-order valence-electron chi connectivity index (χ3n) is 4.54. The van der Waals surface area contributed by atoms with Gasteiger partial charge in [-0.2, -0.15) is 13.2 Å². The standard InChI is InChI=1S/C19H21F3N4O2S/c1-24(12-16-23-8-9-25(16)13-19(20,21)22)17(27)6-7-18(28)26-10-11-29-15-5-3-2-4-14(15)26/h2-5,8-9H,6-7,10-13H2,1H3. The van der Waals surface area contributed by atoms with Crippen molar-refractivity contribution in [1.29, 1.82) is 0 Å². The van der Waals surface area contributed by atoms with Crippen LogP contribution in [0.2, 0.25) is 0 Å². The molecule has 2 amide bonds. The van der Waals surface area contributed by atoms with E-state index in [9.17, 15) is 22.8 Å². The molecule has 0 bridgehead atoms. The first kappa shape index (κ1) is 21.2. The lowest BCUT2D eigenvalue weighted by molar-refractivity contribution is -0.141. The maximum Gasteiger partial charge on any atom is 0.406 e. The van der Waals surface area contributed by atoms with Gasteiger partial charge >= 0.3 is 6.18 Å². The molecule has 1 aliphatic heterocycles. The molecule has 2 heterocycles. The Morgan fingerprint density at radius 3 is 2.76 bits per heavy atom. The molecule has 0 N–H and O–H groups in total. The summed E-state index contributed by atoms with van der Waals surface area (Å²) in [6, 6.07) is 7.63. The Balaban J connectivity index is 1.55. The fraction of sp³-hybridized carbons (Fsp3) is 0.421. The van der Waals surface area contributed by atoms with Gasteiger partial charge in [0, 0.05) is 49.5 Å². The third-order valence-corrected chi connectivity index (χ3v) is 5.58. The Hall–Kier alpha value is -2.49. The SMILES string of the molecule is CN(Cc1nccn1CC(F)(F)F)C(=O)CCC(=O)N1CCSc2ccccc21. The Bertz CT molecular complexity index is 884. The number of anilines is 1. The van der Waals surface area contributed by atoms with Gasteiger partial charge in [0.25, 0.3) is 0 Å². The molecule has 0 saturated carbocycles. The van der Waals surface area contributed by atoms with Crippen molar-refractivity contribution in [2.24, 2.45) is 0 Å². The summed E-state index contributed by atoms with van der Waals surface area (Å²) < 4.78 is 38.8. The van der Waals surface area contributed by atoms with Gasteiger partial charge in [-0.25, -0.2) is 4.98 Å². The fourth-order valence-corrected chi connectivity index (χ4v) is 4.09. The summed E-state index contributed by atoms with van der Waals surface area (Å²) in [4.78, 5) is 32.9. The predicted molar refractivity (Wildman–Crippen MR) is 104 cm³/mol. The second-order valence-electron chi connectivity index (χ2n) is 6.70. The molecule has 0 aliphatic carbocycles. The Labute approximate surface area is 170 Å². The van der Waals surface area contributed by atoms with E-state index in [1.165, 1.54) is 24.3 Å². The predicted octanol–water partition coefficient (Wildman–Crippen LogP) is 3.32. The molecule has 10 heteroatoms. The molecular formula is C19H21F3N4O2S. The van der Waals surface area contributed by atoms with E-state index >= 15 is 0 Å². The van der Waals surface area contributed by atoms with E-state index in [1.54, 1.807) is 16.7 Å². The molecule has 0 saturated heterocycles. The number of halogens is 3. The maximum atomic E-state index is 12.6. The van der Waals surface area contributed by atoms with Crippen LogP contribution >= 0.6 is 11.8 Å². The number of hydrogen-bond acceptors (Lipinski definition) is 4. The van der Waals surface area contributed by atoms with E-state index in [2.05, 4.69) is 4.98 Å². The highest BCUT2D eigenvalue weighted by Crippen LogP contribution is 2.34. The van der Waals surface area contributed by atoms with Gasteiger partial charge in [-0.3, -0.25) is 9.59 Å². The molecule has 0 fully saturated rings. The van der Waals surface area contributed by atoms with Gasteiger partial charge in [0.1, 0.15) is 12.4 Å². The lowest BCUT2D eigenvalue weighted by Crippen LogP contribution is -2.36. The number of amides is 2. The number of aromatic nitrogens is 2. The highest BCUT2D eigenvalue weighted by atomic mass is 32.2. The van der Waals surface area contributed by atoms with Gasteiger partial charge in [0.05, 0.1) is 12.2 Å². The molecule has 0 atom stereocenters. The number of hydrogen-bond donors (Lipinski definition) is 0. The van der Waals surface area contributed by atoms with Gasteiger partial charge in [-0.15, -0.1) is 11.8 Å². The zero-order valence-electron chi connectivity index (χ0n) is 15.9. The van der Waals surface area contributed by atoms with E-state index in [4.69, 9.17) is 0 Å². The van der Waals surface area contributed by atoms with Gasteiger partial charge in [0.2, 0.25) is 11.8 Å². The van der Waals surface area contributed by atoms with Crippen molar-refractivity contribution in [2.45, 2.75) is 37.0 Å². The zero-order valence-corrected chi connectivity index (χ0v) is 16.7. The molecule has 1 aliphatic rings. The van der Waals surface area contributed by atoms with E-state index < -0.39 is 12.7 Å². The average molecular weight is 426 g/mol. The minimum Gasteiger partial charge on any atom is -0.338 e. The van der Waals surface area contributed by atoms with Crippen molar-refractivity contribution in [3.05, 3.63) is 42.5 Å². The number of para-hydroxylation sites is 1. The van der Waals surface area contributed by atoms with Crippen LogP contribution in [0, 0.1) is 0 Å². The topological polar surface area (TPSA) is 58.4 Å². The molecule has 3 rings (SSSR count). The highest BCUT2D eigenvalue weighted by Gasteiger charge is 2.29. The molecule has 1 aromatic carbocycles. The molecule has 0 unspecified atom stereocenters. The minimum atomic E-state index is -4.37. The lowest BCUT2D eigenvalue weighted by atomic mass is 10.2. The molecular weight excluding hydrogens is 405 g/mol. The average Bonchev–Trinajstić information content (AvgIpc) is 3.10. The summed E-state index contributed by atoms with van der Waals surface area (Å²) in [6.45, 7) is -0.631. The number of fused-ring (bicyclic) bond motifs is 1. The summed E-state index contributed by atoms with van der Waals surface area (Å²) in [5, 5.41) is 0. The van der Waals surface area contributed by atoms with Gasteiger partial charge < -0.3 is 14.4 Å². The normalized spacial score (nSPS) is 13.9. The fourth-order valence-electron chi connectivity index (χ4n) is 3.10. The molecule has 2 aromatic rings. The van der Waals surface area contributed by atoms with Crippen molar-refractivity contribution >= 4 is 29.3 Å². The zero-order chi connectivity index (χ0) is 21.0. The number of nitrogens with zero attached hydrogens (tertiary/aromatic N) is 4. The van der Waals surface area contributed by atoms with Crippen LogP contribution < -0.4 is 4.90 Å². The quantitative estimate of drug-likeness (QED) is 0.711. The molecule has 1 aromatic heterocycles. The summed E-state index contributed by atoms with van der Waals surface area (Å²) in [5.74, 6) is 0.475. The van der Waals surface area contributed by atoms with Crippen LogP contribution in [0.3, 0.4) is 0 Å². The Morgan fingerprint density at radius 1 is 1.24 bits per heavy atom. The minimum absolute atomic E-state index is 0.0128. The van der Waals surface area contributed by atoms with E-state index in [1.807, 2.05) is 24.3 Å². The molecule has 0 radical (unpaired) electrons. The largest absolute Gasteiger partial charge is 0.406 e. The first-order chi connectivity index (χ1) is 13.7.